The smallest absolute Gasteiger partial charge is 0.241 e. The number of hydrogen-bond donors (Lipinski definition) is 4. The number of carbonyl (C=O) groups is 1. The van der Waals surface area contributed by atoms with Crippen molar-refractivity contribution in [2.45, 2.75) is 29.3 Å². The molecule has 0 aliphatic heterocycles. The average molecular weight is 412 g/mol. The predicted octanol–water partition coefficient (Wildman–Crippen LogP) is 0.0982. The number of anilines is 1. The van der Waals surface area contributed by atoms with Crippen molar-refractivity contribution < 1.29 is 21.6 Å². The van der Waals surface area contributed by atoms with E-state index in [1.807, 2.05) is 0 Å². The van der Waals surface area contributed by atoms with Crippen LogP contribution in [0.3, 0.4) is 0 Å². The Bertz CT molecular complexity index is 1020. The van der Waals surface area contributed by atoms with Crippen LogP contribution < -0.4 is 20.9 Å². The van der Waals surface area contributed by atoms with Crippen LogP contribution in [-0.2, 0) is 31.4 Å². The van der Waals surface area contributed by atoms with Gasteiger partial charge in [0.15, 0.2) is 0 Å². The number of amides is 1. The highest BCUT2D eigenvalue weighted by Crippen LogP contribution is 2.13. The molecule has 0 radical (unpaired) electrons. The summed E-state index contributed by atoms with van der Waals surface area (Å²) in [5.41, 5.74) is 1.21. The van der Waals surface area contributed by atoms with Crippen molar-refractivity contribution in [3.05, 3.63) is 54.1 Å². The number of carbonyl (C=O) groups excluding carboxylic acids is 1. The normalized spacial score (nSPS) is 13.1. The molecule has 1 amide bonds. The van der Waals surface area contributed by atoms with Crippen LogP contribution >= 0.6 is 0 Å². The van der Waals surface area contributed by atoms with Gasteiger partial charge in [0, 0.05) is 12.2 Å². The molecule has 0 saturated carbocycles. The number of benzene rings is 2. The largest absolute Gasteiger partial charge is 0.325 e. The number of primary sulfonamides is 2. The second-order valence-electron chi connectivity index (χ2n) is 5.85. The number of rotatable bonds is 7. The minimum absolute atomic E-state index is 0.0139. The van der Waals surface area contributed by atoms with Crippen molar-refractivity contribution in [3.63, 3.8) is 0 Å². The summed E-state index contributed by atoms with van der Waals surface area (Å²) in [5, 5.41) is 15.7. The first-order valence-corrected chi connectivity index (χ1v) is 10.8. The molecule has 0 heterocycles. The molecule has 0 bridgehead atoms. The molecule has 2 aromatic rings. The maximum Gasteiger partial charge on any atom is 0.241 e. The van der Waals surface area contributed by atoms with Crippen molar-refractivity contribution in [3.8, 4) is 0 Å². The van der Waals surface area contributed by atoms with E-state index in [0.29, 0.717) is 12.2 Å². The van der Waals surface area contributed by atoms with E-state index in [-0.39, 0.29) is 15.7 Å². The highest BCUT2D eigenvalue weighted by Gasteiger charge is 2.14. The summed E-state index contributed by atoms with van der Waals surface area (Å²) in [6.07, 6.45) is 0. The molecule has 1 atom stereocenters. The van der Waals surface area contributed by atoms with E-state index in [1.54, 1.807) is 19.1 Å². The molecular formula is C16H20N4O5S2. The van der Waals surface area contributed by atoms with Crippen LogP contribution in [-0.4, -0.2) is 28.8 Å². The number of sulfonamides is 2. The third kappa shape index (κ3) is 6.12. The highest BCUT2D eigenvalue weighted by molar-refractivity contribution is 7.89. The fourth-order valence-electron chi connectivity index (χ4n) is 2.14. The molecule has 0 saturated heterocycles. The summed E-state index contributed by atoms with van der Waals surface area (Å²) < 4.78 is 44.9. The Balaban J connectivity index is 1.92. The van der Waals surface area contributed by atoms with Crippen molar-refractivity contribution in [1.82, 2.24) is 5.32 Å². The molecule has 2 rings (SSSR count). The monoisotopic (exact) mass is 412 g/mol. The summed E-state index contributed by atoms with van der Waals surface area (Å²) >= 11 is 0. The first kappa shape index (κ1) is 21.0. The van der Waals surface area contributed by atoms with Crippen LogP contribution in [0.4, 0.5) is 5.69 Å². The molecular weight excluding hydrogens is 392 g/mol. The molecule has 27 heavy (non-hydrogen) atoms. The van der Waals surface area contributed by atoms with E-state index >= 15 is 0 Å². The van der Waals surface area contributed by atoms with E-state index in [0.717, 1.165) is 5.56 Å². The topological polar surface area (TPSA) is 161 Å². The van der Waals surface area contributed by atoms with Gasteiger partial charge in [-0.2, -0.15) is 0 Å². The van der Waals surface area contributed by atoms with Crippen molar-refractivity contribution in [2.24, 2.45) is 10.3 Å². The van der Waals surface area contributed by atoms with Gasteiger partial charge in [-0.05, 0) is 48.9 Å². The first-order valence-electron chi connectivity index (χ1n) is 7.75. The molecule has 1 unspecified atom stereocenters. The Hall–Kier alpha value is -2.31. The number of nitrogens with two attached hydrogens (primary N) is 2. The summed E-state index contributed by atoms with van der Waals surface area (Å²) in [7, 11) is -7.53. The lowest BCUT2D eigenvalue weighted by molar-refractivity contribution is -0.117. The van der Waals surface area contributed by atoms with Crippen LogP contribution in [0, 0.1) is 0 Å². The molecule has 2 aromatic carbocycles. The lowest BCUT2D eigenvalue weighted by atomic mass is 10.2. The average Bonchev–Trinajstić information content (AvgIpc) is 2.59. The first-order chi connectivity index (χ1) is 12.5. The van der Waals surface area contributed by atoms with Gasteiger partial charge in [-0.3, -0.25) is 4.79 Å². The predicted molar refractivity (Wildman–Crippen MR) is 101 cm³/mol. The zero-order chi connectivity index (χ0) is 20.2. The summed E-state index contributed by atoms with van der Waals surface area (Å²) in [4.78, 5) is 12.2. The summed E-state index contributed by atoms with van der Waals surface area (Å²) in [5.74, 6) is -0.320. The van der Waals surface area contributed by atoms with E-state index in [2.05, 4.69) is 10.6 Å². The fourth-order valence-corrected chi connectivity index (χ4v) is 3.17. The Kier molecular flexibility index (Phi) is 6.34. The second kappa shape index (κ2) is 8.15. The van der Waals surface area contributed by atoms with Crippen molar-refractivity contribution in [2.75, 3.05) is 5.32 Å². The van der Waals surface area contributed by atoms with Gasteiger partial charge in [0.1, 0.15) is 0 Å². The molecule has 11 heteroatoms. The van der Waals surface area contributed by atoms with E-state index in [4.69, 9.17) is 10.3 Å². The molecule has 0 fully saturated rings. The molecule has 0 spiro atoms. The molecule has 0 aliphatic rings. The summed E-state index contributed by atoms with van der Waals surface area (Å²) in [6, 6.07) is 10.9. The standard InChI is InChI=1S/C16H20N4O5S2/c1-11(19-10-12-2-6-14(7-3-12)26(17,22)23)16(21)20-13-4-8-15(9-5-13)27(18,24)25/h2-9,11,19H,10H2,1H3,(H,20,21)(H2,17,22,23)(H2,18,24,25). The van der Waals surface area contributed by atoms with Gasteiger partial charge in [-0.25, -0.2) is 27.1 Å². The van der Waals surface area contributed by atoms with Crippen molar-refractivity contribution >= 4 is 31.6 Å². The lowest BCUT2D eigenvalue weighted by Crippen LogP contribution is -2.37. The maximum absolute atomic E-state index is 12.2. The lowest BCUT2D eigenvalue weighted by Gasteiger charge is -2.14. The Labute approximate surface area is 157 Å². The quantitative estimate of drug-likeness (QED) is 0.504. The van der Waals surface area contributed by atoms with Gasteiger partial charge in [0.2, 0.25) is 26.0 Å². The summed E-state index contributed by atoms with van der Waals surface area (Å²) in [6.45, 7) is 2.00. The second-order valence-corrected chi connectivity index (χ2v) is 8.97. The number of nitrogens with one attached hydrogen (secondary N) is 2. The molecule has 146 valence electrons. The van der Waals surface area contributed by atoms with E-state index in [9.17, 15) is 21.6 Å². The maximum atomic E-state index is 12.2. The minimum atomic E-state index is -3.79. The van der Waals surface area contributed by atoms with E-state index < -0.39 is 26.1 Å². The van der Waals surface area contributed by atoms with E-state index in [1.165, 1.54) is 36.4 Å². The Morgan fingerprint density at radius 1 is 0.889 bits per heavy atom. The zero-order valence-electron chi connectivity index (χ0n) is 14.4. The van der Waals surface area contributed by atoms with Crippen LogP contribution in [0.5, 0.6) is 0 Å². The van der Waals surface area contributed by atoms with Crippen LogP contribution in [0.2, 0.25) is 0 Å². The number of hydrogen-bond acceptors (Lipinski definition) is 6. The third-order valence-corrected chi connectivity index (χ3v) is 5.57. The molecule has 0 aliphatic carbocycles. The van der Waals surface area contributed by atoms with Gasteiger partial charge < -0.3 is 10.6 Å². The zero-order valence-corrected chi connectivity index (χ0v) is 16.0. The van der Waals surface area contributed by atoms with Crippen LogP contribution in [0.15, 0.2) is 58.3 Å². The van der Waals surface area contributed by atoms with Gasteiger partial charge >= 0.3 is 0 Å². The molecule has 6 N–H and O–H groups in total. The Morgan fingerprint density at radius 2 is 1.33 bits per heavy atom. The van der Waals surface area contributed by atoms with Crippen LogP contribution in [0.25, 0.3) is 0 Å². The highest BCUT2D eigenvalue weighted by atomic mass is 32.2. The minimum Gasteiger partial charge on any atom is -0.325 e. The van der Waals surface area contributed by atoms with Crippen LogP contribution in [0.1, 0.15) is 12.5 Å². The van der Waals surface area contributed by atoms with Gasteiger partial charge in [0.05, 0.1) is 15.8 Å². The SMILES string of the molecule is CC(NCc1ccc(S(N)(=O)=O)cc1)C(=O)Nc1ccc(S(N)(=O)=O)cc1. The molecule has 0 aromatic heterocycles. The third-order valence-electron chi connectivity index (χ3n) is 3.71. The Morgan fingerprint density at radius 3 is 1.78 bits per heavy atom. The van der Waals surface area contributed by atoms with Crippen molar-refractivity contribution in [1.29, 1.82) is 0 Å². The van der Waals surface area contributed by atoms with Gasteiger partial charge in [-0.15, -0.1) is 0 Å². The van der Waals surface area contributed by atoms with Gasteiger partial charge in [0.25, 0.3) is 0 Å². The molecule has 9 nitrogen and oxygen atoms in total. The fraction of sp³-hybridized carbons (Fsp3) is 0.188. The van der Waals surface area contributed by atoms with Gasteiger partial charge in [-0.1, -0.05) is 12.1 Å².